The molecule has 21 heavy (non-hydrogen) atoms. The normalized spacial score (nSPS) is 10.1. The summed E-state index contributed by atoms with van der Waals surface area (Å²) in [4.78, 5) is 12.0. The van der Waals surface area contributed by atoms with Crippen LogP contribution in [0.2, 0.25) is 0 Å². The maximum absolute atomic E-state index is 4.07. The molecule has 0 unspecified atom stereocenters. The predicted octanol–water partition coefficient (Wildman–Crippen LogP) is 4.22. The quantitative estimate of drug-likeness (QED) is 0.657. The Hall–Kier alpha value is -2.81. The monoisotopic (exact) mass is 275 g/mol. The molecule has 0 saturated carbocycles. The topological polar surface area (TPSA) is 38.7 Å². The van der Waals surface area contributed by atoms with Crippen LogP contribution in [-0.2, 0) is 0 Å². The number of hydrogen-bond donors (Lipinski definition) is 0. The van der Waals surface area contributed by atoms with Crippen LogP contribution in [0, 0.1) is 6.92 Å². The van der Waals surface area contributed by atoms with Gasteiger partial charge in [0.25, 0.3) is 0 Å². The molecule has 0 aliphatic rings. The molecule has 0 N–H and O–H groups in total. The van der Waals surface area contributed by atoms with Crippen molar-refractivity contribution in [2.75, 3.05) is 0 Å². The van der Waals surface area contributed by atoms with Gasteiger partial charge in [-0.05, 0) is 35.4 Å². The van der Waals surface area contributed by atoms with Gasteiger partial charge in [-0.1, -0.05) is 43.0 Å². The van der Waals surface area contributed by atoms with Gasteiger partial charge in [0, 0.05) is 18.6 Å². The number of hydrogen-bond acceptors (Lipinski definition) is 3. The van der Waals surface area contributed by atoms with Gasteiger partial charge in [0.05, 0.1) is 5.69 Å². The van der Waals surface area contributed by atoms with Gasteiger partial charge in [-0.3, -0.25) is 4.98 Å². The molecule has 0 radical (unpaired) electrons. The van der Waals surface area contributed by atoms with Gasteiger partial charge in [0.1, 0.15) is 6.33 Å². The highest BCUT2D eigenvalue weighted by Crippen LogP contribution is 2.09. The lowest BCUT2D eigenvalue weighted by Crippen LogP contribution is -1.86. The van der Waals surface area contributed by atoms with Crippen LogP contribution in [0.5, 0.6) is 0 Å². The maximum atomic E-state index is 4.07. The van der Waals surface area contributed by atoms with E-state index >= 15 is 0 Å². The number of rotatable bonds is 2. The lowest BCUT2D eigenvalue weighted by Gasteiger charge is -1.94. The second kappa shape index (κ2) is 7.70. The molecule has 0 bridgehead atoms. The van der Waals surface area contributed by atoms with Crippen LogP contribution in [0.3, 0.4) is 0 Å². The molecule has 0 fully saturated rings. The number of aromatic nitrogens is 3. The fraction of sp³-hybridized carbons (Fsp3) is 0.0556. The minimum Gasteiger partial charge on any atom is -0.264 e. The number of nitrogens with zero attached hydrogens (tertiary/aromatic N) is 3. The van der Waals surface area contributed by atoms with E-state index in [9.17, 15) is 0 Å². The molecule has 0 amide bonds. The summed E-state index contributed by atoms with van der Waals surface area (Å²) in [5.41, 5.74) is 2.02. The average Bonchev–Trinajstić information content (AvgIpc) is 2.55. The van der Waals surface area contributed by atoms with Crippen LogP contribution in [-0.4, -0.2) is 15.0 Å². The van der Waals surface area contributed by atoms with Gasteiger partial charge >= 0.3 is 0 Å². The molecule has 0 saturated heterocycles. The second-order valence-corrected chi connectivity index (χ2v) is 4.41. The summed E-state index contributed by atoms with van der Waals surface area (Å²) in [5.74, 6) is 0. The van der Waals surface area contributed by atoms with E-state index in [-0.39, 0.29) is 0 Å². The molecule has 0 aliphatic heterocycles. The Labute approximate surface area is 124 Å². The van der Waals surface area contributed by atoms with Gasteiger partial charge in [-0.25, -0.2) is 9.97 Å². The first-order valence-corrected chi connectivity index (χ1v) is 6.65. The zero-order valence-electron chi connectivity index (χ0n) is 12.0. The van der Waals surface area contributed by atoms with Crippen molar-refractivity contribution in [3.63, 3.8) is 0 Å². The van der Waals surface area contributed by atoms with E-state index in [1.165, 1.54) is 17.1 Å². The number of aryl methyl sites for hydroxylation is 1. The van der Waals surface area contributed by atoms with E-state index in [0.717, 1.165) is 11.3 Å². The van der Waals surface area contributed by atoms with Crippen molar-refractivity contribution in [3.05, 3.63) is 85.2 Å². The Morgan fingerprint density at radius 2 is 1.81 bits per heavy atom. The summed E-state index contributed by atoms with van der Waals surface area (Å²) in [7, 11) is 0. The molecule has 0 aliphatic carbocycles. The van der Waals surface area contributed by atoms with E-state index in [2.05, 4.69) is 33.7 Å². The highest BCUT2D eigenvalue weighted by Gasteiger charge is 1.91. The van der Waals surface area contributed by atoms with Crippen LogP contribution in [0.4, 0.5) is 0 Å². The molecule has 104 valence electrons. The smallest absolute Gasteiger partial charge is 0.116 e. The minimum atomic E-state index is 0.944. The molecular weight excluding hydrogens is 258 g/mol. The summed E-state index contributed by atoms with van der Waals surface area (Å²) < 4.78 is 0. The van der Waals surface area contributed by atoms with Crippen LogP contribution >= 0.6 is 0 Å². The SMILES string of the molecule is C=C/C=C\c1ncncc1C.c1ccc2cnccc2c1. The number of fused-ring (bicyclic) bond motifs is 1. The predicted molar refractivity (Wildman–Crippen MR) is 87.7 cm³/mol. The Balaban J connectivity index is 0.000000154. The summed E-state index contributed by atoms with van der Waals surface area (Å²) in [6.45, 7) is 5.55. The molecule has 1 aromatic carbocycles. The number of pyridine rings is 1. The van der Waals surface area contributed by atoms with Crippen LogP contribution < -0.4 is 0 Å². The molecule has 3 rings (SSSR count). The van der Waals surface area contributed by atoms with Crippen molar-refractivity contribution in [1.29, 1.82) is 0 Å². The van der Waals surface area contributed by atoms with Gasteiger partial charge in [-0.2, -0.15) is 0 Å². The van der Waals surface area contributed by atoms with Gasteiger partial charge in [-0.15, -0.1) is 0 Å². The summed E-state index contributed by atoms with van der Waals surface area (Å²) in [6.07, 6.45) is 12.5. The molecule has 2 aromatic heterocycles. The summed E-state index contributed by atoms with van der Waals surface area (Å²) in [5, 5.41) is 2.45. The van der Waals surface area contributed by atoms with E-state index < -0.39 is 0 Å². The largest absolute Gasteiger partial charge is 0.264 e. The van der Waals surface area contributed by atoms with E-state index in [0.29, 0.717) is 0 Å². The molecule has 3 heteroatoms. The van der Waals surface area contributed by atoms with Gasteiger partial charge in [0.2, 0.25) is 0 Å². The van der Waals surface area contributed by atoms with E-state index in [1.54, 1.807) is 12.3 Å². The van der Waals surface area contributed by atoms with Crippen LogP contribution in [0.1, 0.15) is 11.3 Å². The molecule has 2 heterocycles. The van der Waals surface area contributed by atoms with Crippen molar-refractivity contribution in [3.8, 4) is 0 Å². The summed E-state index contributed by atoms with van der Waals surface area (Å²) in [6, 6.07) is 10.2. The fourth-order valence-corrected chi connectivity index (χ4v) is 1.77. The first-order chi connectivity index (χ1) is 10.3. The van der Waals surface area contributed by atoms with Crippen molar-refractivity contribution >= 4 is 16.8 Å². The van der Waals surface area contributed by atoms with Crippen LogP contribution in [0.25, 0.3) is 16.8 Å². The van der Waals surface area contributed by atoms with Crippen molar-refractivity contribution in [1.82, 2.24) is 15.0 Å². The molecule has 3 aromatic rings. The lowest BCUT2D eigenvalue weighted by atomic mass is 10.2. The maximum Gasteiger partial charge on any atom is 0.116 e. The Morgan fingerprint density at radius 3 is 2.52 bits per heavy atom. The summed E-state index contributed by atoms with van der Waals surface area (Å²) >= 11 is 0. The third-order valence-corrected chi connectivity index (χ3v) is 2.88. The zero-order chi connectivity index (χ0) is 14.9. The molecule has 3 nitrogen and oxygen atoms in total. The Morgan fingerprint density at radius 1 is 1.00 bits per heavy atom. The molecule has 0 atom stereocenters. The third-order valence-electron chi connectivity index (χ3n) is 2.88. The first kappa shape index (κ1) is 14.6. The molecular formula is C18H17N3. The van der Waals surface area contributed by atoms with E-state index in [1.807, 2.05) is 49.7 Å². The number of benzene rings is 1. The number of allylic oxidation sites excluding steroid dienone is 2. The fourth-order valence-electron chi connectivity index (χ4n) is 1.77. The highest BCUT2D eigenvalue weighted by atomic mass is 14.8. The first-order valence-electron chi connectivity index (χ1n) is 6.65. The zero-order valence-corrected chi connectivity index (χ0v) is 12.0. The second-order valence-electron chi connectivity index (χ2n) is 4.41. The van der Waals surface area contributed by atoms with Crippen molar-refractivity contribution in [2.24, 2.45) is 0 Å². The minimum absolute atomic E-state index is 0.944. The average molecular weight is 275 g/mol. The van der Waals surface area contributed by atoms with E-state index in [4.69, 9.17) is 0 Å². The Kier molecular flexibility index (Phi) is 5.35. The standard InChI is InChI=1S/C9H10N2.C9H7N/c1-3-4-5-9-8(2)6-10-7-11-9;1-2-4-9-7-10-6-5-8(9)3-1/h3-7H,1H2,2H3;1-7H/b5-4-;. The van der Waals surface area contributed by atoms with Crippen molar-refractivity contribution < 1.29 is 0 Å². The van der Waals surface area contributed by atoms with Gasteiger partial charge in [0.15, 0.2) is 0 Å². The van der Waals surface area contributed by atoms with Crippen molar-refractivity contribution in [2.45, 2.75) is 6.92 Å². The Bertz CT molecular complexity index is 683. The highest BCUT2D eigenvalue weighted by molar-refractivity contribution is 5.80. The van der Waals surface area contributed by atoms with Crippen LogP contribution in [0.15, 0.2) is 74.0 Å². The molecule has 0 spiro atoms. The van der Waals surface area contributed by atoms with Gasteiger partial charge < -0.3 is 0 Å². The lowest BCUT2D eigenvalue weighted by molar-refractivity contribution is 1.11. The third kappa shape index (κ3) is 4.35.